The summed E-state index contributed by atoms with van der Waals surface area (Å²) in [5.41, 5.74) is -1.11. The lowest BCUT2D eigenvalue weighted by atomic mass is 10.4. The SMILES string of the molecule is CC(=O)Cn1c(=O)c2c(ncn2CC(=O)Nc2cccc(Br)n2)n(C)c1=O. The number of anilines is 1. The minimum Gasteiger partial charge on any atom is -0.315 e. The fraction of sp³-hybridized carbons (Fsp3) is 0.250. The van der Waals surface area contributed by atoms with Crippen molar-refractivity contribution in [3.05, 3.63) is 50.0 Å². The van der Waals surface area contributed by atoms with Gasteiger partial charge in [0.05, 0.1) is 12.9 Å². The summed E-state index contributed by atoms with van der Waals surface area (Å²) in [4.78, 5) is 56.8. The van der Waals surface area contributed by atoms with Crippen LogP contribution in [0.15, 0.2) is 38.7 Å². The van der Waals surface area contributed by atoms with E-state index in [4.69, 9.17) is 0 Å². The average molecular weight is 435 g/mol. The molecule has 0 aliphatic rings. The monoisotopic (exact) mass is 434 g/mol. The third-order valence-electron chi connectivity index (χ3n) is 3.78. The first-order valence-electron chi connectivity index (χ1n) is 7.84. The van der Waals surface area contributed by atoms with Crippen LogP contribution in [0.5, 0.6) is 0 Å². The zero-order valence-electron chi connectivity index (χ0n) is 14.5. The Balaban J connectivity index is 1.99. The van der Waals surface area contributed by atoms with Crippen LogP contribution in [-0.4, -0.2) is 35.4 Å². The van der Waals surface area contributed by atoms with E-state index in [0.717, 1.165) is 4.57 Å². The second kappa shape index (κ2) is 7.27. The molecule has 1 amide bonds. The summed E-state index contributed by atoms with van der Waals surface area (Å²) >= 11 is 3.22. The number of rotatable bonds is 5. The number of carbonyl (C=O) groups excluding carboxylic acids is 2. The molecule has 0 radical (unpaired) electrons. The summed E-state index contributed by atoms with van der Waals surface area (Å²) in [5, 5.41) is 2.62. The first-order valence-corrected chi connectivity index (χ1v) is 8.63. The third kappa shape index (κ3) is 3.72. The van der Waals surface area contributed by atoms with Gasteiger partial charge in [0.25, 0.3) is 5.56 Å². The van der Waals surface area contributed by atoms with Crippen molar-refractivity contribution in [2.24, 2.45) is 7.05 Å². The van der Waals surface area contributed by atoms with Crippen molar-refractivity contribution in [3.63, 3.8) is 0 Å². The van der Waals surface area contributed by atoms with Crippen molar-refractivity contribution in [1.29, 1.82) is 0 Å². The Morgan fingerprint density at radius 3 is 2.63 bits per heavy atom. The van der Waals surface area contributed by atoms with Crippen LogP contribution in [0.4, 0.5) is 5.82 Å². The fourth-order valence-electron chi connectivity index (χ4n) is 2.62. The first-order chi connectivity index (χ1) is 12.8. The van der Waals surface area contributed by atoms with Crippen LogP contribution in [0.25, 0.3) is 11.2 Å². The van der Waals surface area contributed by atoms with Crippen molar-refractivity contribution in [1.82, 2.24) is 23.7 Å². The number of nitrogens with zero attached hydrogens (tertiary/aromatic N) is 5. The Bertz CT molecular complexity index is 1180. The molecule has 3 heterocycles. The Labute approximate surface area is 160 Å². The summed E-state index contributed by atoms with van der Waals surface area (Å²) in [7, 11) is 1.45. The number of amides is 1. The number of pyridine rings is 1. The zero-order valence-corrected chi connectivity index (χ0v) is 16.1. The Kier molecular flexibility index (Phi) is 5.04. The van der Waals surface area contributed by atoms with Crippen molar-refractivity contribution >= 4 is 44.6 Å². The number of nitrogens with one attached hydrogen (secondary N) is 1. The average Bonchev–Trinajstić information content (AvgIpc) is 3.00. The number of Topliss-reactive ketones (excluding diaryl/α,β-unsaturated/α-hetero) is 1. The normalized spacial score (nSPS) is 10.9. The smallest absolute Gasteiger partial charge is 0.315 e. The number of hydrogen-bond donors (Lipinski definition) is 1. The number of aromatic nitrogens is 5. The second-order valence-electron chi connectivity index (χ2n) is 5.87. The summed E-state index contributed by atoms with van der Waals surface area (Å²) in [6, 6.07) is 5.06. The van der Waals surface area contributed by atoms with Gasteiger partial charge in [-0.2, -0.15) is 0 Å². The molecule has 0 aromatic carbocycles. The van der Waals surface area contributed by atoms with Crippen LogP contribution in [0.1, 0.15) is 6.92 Å². The predicted octanol–water partition coefficient (Wildman–Crippen LogP) is 0.282. The van der Waals surface area contributed by atoms with Crippen LogP contribution in [-0.2, 0) is 29.7 Å². The van der Waals surface area contributed by atoms with Gasteiger partial charge in [-0.1, -0.05) is 6.07 Å². The maximum atomic E-state index is 12.7. The van der Waals surface area contributed by atoms with Crippen molar-refractivity contribution < 1.29 is 9.59 Å². The van der Waals surface area contributed by atoms with E-state index in [-0.39, 0.29) is 30.0 Å². The van der Waals surface area contributed by atoms with Crippen molar-refractivity contribution in [2.45, 2.75) is 20.0 Å². The zero-order chi connectivity index (χ0) is 19.7. The second-order valence-corrected chi connectivity index (χ2v) is 6.69. The van der Waals surface area contributed by atoms with E-state index in [9.17, 15) is 19.2 Å². The van der Waals surface area contributed by atoms with Crippen LogP contribution in [0.3, 0.4) is 0 Å². The van der Waals surface area contributed by atoms with Gasteiger partial charge < -0.3 is 9.88 Å². The fourth-order valence-corrected chi connectivity index (χ4v) is 2.96. The highest BCUT2D eigenvalue weighted by molar-refractivity contribution is 9.10. The minimum atomic E-state index is -0.672. The molecule has 27 heavy (non-hydrogen) atoms. The molecule has 3 rings (SSSR count). The Morgan fingerprint density at radius 1 is 1.22 bits per heavy atom. The summed E-state index contributed by atoms with van der Waals surface area (Å²) in [5.74, 6) is -0.412. The molecule has 0 atom stereocenters. The maximum Gasteiger partial charge on any atom is 0.332 e. The Morgan fingerprint density at radius 2 is 1.96 bits per heavy atom. The van der Waals surface area contributed by atoms with Gasteiger partial charge in [-0.25, -0.2) is 14.8 Å². The Hall–Kier alpha value is -3.08. The van der Waals surface area contributed by atoms with Gasteiger partial charge in [0.15, 0.2) is 11.2 Å². The molecule has 0 fully saturated rings. The quantitative estimate of drug-likeness (QED) is 0.575. The van der Waals surface area contributed by atoms with Gasteiger partial charge in [-0.3, -0.25) is 23.5 Å². The first kappa shape index (κ1) is 18.7. The molecule has 10 nitrogen and oxygen atoms in total. The van der Waals surface area contributed by atoms with Crippen LogP contribution >= 0.6 is 15.9 Å². The molecule has 0 unspecified atom stereocenters. The largest absolute Gasteiger partial charge is 0.332 e. The molecule has 0 bridgehead atoms. The number of carbonyl (C=O) groups is 2. The van der Waals surface area contributed by atoms with Crippen molar-refractivity contribution in [3.8, 4) is 0 Å². The highest BCUT2D eigenvalue weighted by Gasteiger charge is 2.18. The molecule has 3 aromatic rings. The van der Waals surface area contributed by atoms with E-state index < -0.39 is 17.2 Å². The van der Waals surface area contributed by atoms with Gasteiger partial charge >= 0.3 is 5.69 Å². The minimum absolute atomic E-state index is 0.0655. The molecule has 0 aliphatic carbocycles. The number of imidazole rings is 1. The van der Waals surface area contributed by atoms with Crippen molar-refractivity contribution in [2.75, 3.05) is 5.32 Å². The molecule has 3 aromatic heterocycles. The van der Waals surface area contributed by atoms with E-state index in [2.05, 4.69) is 31.2 Å². The van der Waals surface area contributed by atoms with Crippen LogP contribution < -0.4 is 16.6 Å². The number of fused-ring (bicyclic) bond motifs is 1. The summed E-state index contributed by atoms with van der Waals surface area (Å²) in [6.07, 6.45) is 1.30. The lowest BCUT2D eigenvalue weighted by Gasteiger charge is -2.09. The lowest BCUT2D eigenvalue weighted by Crippen LogP contribution is -2.41. The maximum absolute atomic E-state index is 12.7. The van der Waals surface area contributed by atoms with Crippen LogP contribution in [0, 0.1) is 0 Å². The van der Waals surface area contributed by atoms with Crippen LogP contribution in [0.2, 0.25) is 0 Å². The molecule has 0 saturated heterocycles. The van der Waals surface area contributed by atoms with E-state index in [1.165, 1.54) is 29.4 Å². The van der Waals surface area contributed by atoms with Gasteiger partial charge in [0.1, 0.15) is 22.7 Å². The summed E-state index contributed by atoms with van der Waals surface area (Å²) < 4.78 is 3.90. The highest BCUT2D eigenvalue weighted by atomic mass is 79.9. The van der Waals surface area contributed by atoms with E-state index in [0.29, 0.717) is 10.4 Å². The van der Waals surface area contributed by atoms with Gasteiger partial charge in [-0.15, -0.1) is 0 Å². The number of ketones is 1. The molecule has 1 N–H and O–H groups in total. The standard InChI is InChI=1S/C16H15BrN6O4/c1-9(24)6-23-15(26)13-14(21(2)16(23)27)18-8-22(13)7-12(25)20-11-5-3-4-10(17)19-11/h3-5,8H,6-7H2,1-2H3,(H,19,20,25). The van der Waals surface area contributed by atoms with Gasteiger partial charge in [-0.05, 0) is 35.0 Å². The molecule has 11 heteroatoms. The highest BCUT2D eigenvalue weighted by Crippen LogP contribution is 2.11. The molecule has 0 aliphatic heterocycles. The molecular weight excluding hydrogens is 420 g/mol. The topological polar surface area (TPSA) is 121 Å². The number of halogens is 1. The molecule has 0 spiro atoms. The molecule has 140 valence electrons. The van der Waals surface area contributed by atoms with Gasteiger partial charge in [0, 0.05) is 7.05 Å². The summed E-state index contributed by atoms with van der Waals surface area (Å²) in [6.45, 7) is 0.727. The van der Waals surface area contributed by atoms with Gasteiger partial charge in [0.2, 0.25) is 5.91 Å². The molecule has 0 saturated carbocycles. The lowest BCUT2D eigenvalue weighted by molar-refractivity contribution is -0.118. The van der Waals surface area contributed by atoms with E-state index in [1.54, 1.807) is 18.2 Å². The van der Waals surface area contributed by atoms with E-state index in [1.807, 2.05) is 0 Å². The van der Waals surface area contributed by atoms with E-state index >= 15 is 0 Å². The molecular formula is C16H15BrN6O4. The number of hydrogen-bond acceptors (Lipinski definition) is 6. The predicted molar refractivity (Wildman–Crippen MR) is 100 cm³/mol. The third-order valence-corrected chi connectivity index (χ3v) is 4.22. The number of aryl methyl sites for hydroxylation is 1.